The normalized spacial score (nSPS) is 21.3. The highest BCUT2D eigenvalue weighted by molar-refractivity contribution is 7.94. The maximum Gasteiger partial charge on any atom is 0.251 e. The summed E-state index contributed by atoms with van der Waals surface area (Å²) in [7, 11) is -2.26. The summed E-state index contributed by atoms with van der Waals surface area (Å²) >= 11 is 0. The van der Waals surface area contributed by atoms with Gasteiger partial charge in [0.1, 0.15) is 28.2 Å². The summed E-state index contributed by atoms with van der Waals surface area (Å²) in [5.41, 5.74) is 3.11. The molecule has 3 aromatic carbocycles. The predicted octanol–water partition coefficient (Wildman–Crippen LogP) is 4.55. The molecule has 1 aromatic heterocycles. The Kier molecular flexibility index (Phi) is 8.79. The van der Waals surface area contributed by atoms with Crippen LogP contribution in [-0.2, 0) is 29.4 Å². The fraction of sp³-hybridized carbons (Fsp3) is 0.400. The number of nitrogens with zero attached hydrogens (tertiary/aromatic N) is 2. The highest BCUT2D eigenvalue weighted by Crippen LogP contribution is 2.40. The Bertz CT molecular complexity index is 1910. The van der Waals surface area contributed by atoms with Crippen molar-refractivity contribution >= 4 is 32.5 Å². The molecule has 6 rings (SSSR count). The number of sulfonamides is 1. The van der Waals surface area contributed by atoms with Crippen molar-refractivity contribution in [3.8, 4) is 5.75 Å². The predicted molar refractivity (Wildman–Crippen MR) is 177 cm³/mol. The van der Waals surface area contributed by atoms with Crippen LogP contribution in [0.1, 0.15) is 48.7 Å². The molecule has 0 saturated carbocycles. The van der Waals surface area contributed by atoms with Crippen LogP contribution < -0.4 is 19.7 Å². The molecule has 47 heavy (non-hydrogen) atoms. The first-order valence-corrected chi connectivity index (χ1v) is 17.2. The monoisotopic (exact) mass is 666 g/mol. The molecular weight excluding hydrogens is 626 g/mol. The Balaban J connectivity index is 1.30. The van der Waals surface area contributed by atoms with Crippen LogP contribution >= 0.6 is 0 Å². The Morgan fingerprint density at radius 1 is 1.13 bits per heavy atom. The standard InChI is InChI=1S/C35H40F2N4O5S/c1-5-22-19-41-20-35(2,3)47(44,45)40(4)31-15-23(14-28(22)32(31)41)34(43)39-30(13-21-9-11-24(36)12-10-21)33(42)29-17-27(18-38-29)46-26-8-6-7-25(37)16-26/h6-12,14-16,19,27,29-30,33,38,42H,5,13,17-18,20H2,1-4H3,(H,39,43)/t27-,29-,30+,33-/m1/s1. The van der Waals surface area contributed by atoms with Gasteiger partial charge in [0, 0.05) is 55.8 Å². The topological polar surface area (TPSA) is 113 Å². The van der Waals surface area contributed by atoms with Gasteiger partial charge in [-0.05, 0) is 74.2 Å². The Morgan fingerprint density at radius 2 is 1.87 bits per heavy atom. The molecule has 2 aliphatic rings. The summed E-state index contributed by atoms with van der Waals surface area (Å²) in [5.74, 6) is -0.910. The second kappa shape index (κ2) is 12.6. The van der Waals surface area contributed by atoms with E-state index in [1.807, 2.05) is 17.7 Å². The zero-order valence-corrected chi connectivity index (χ0v) is 27.7. The number of aliphatic hydroxyl groups excluding tert-OH is 1. The molecule has 1 saturated heterocycles. The van der Waals surface area contributed by atoms with E-state index in [1.165, 1.54) is 35.6 Å². The highest BCUT2D eigenvalue weighted by atomic mass is 32.2. The molecule has 0 aliphatic carbocycles. The van der Waals surface area contributed by atoms with Crippen LogP contribution in [0, 0.1) is 11.6 Å². The lowest BCUT2D eigenvalue weighted by Gasteiger charge is -2.30. The minimum Gasteiger partial charge on any atom is -0.489 e. The van der Waals surface area contributed by atoms with Gasteiger partial charge >= 0.3 is 0 Å². The van der Waals surface area contributed by atoms with Crippen molar-refractivity contribution in [3.63, 3.8) is 0 Å². The van der Waals surface area contributed by atoms with Gasteiger partial charge in [-0.1, -0.05) is 25.1 Å². The number of rotatable bonds is 9. The summed E-state index contributed by atoms with van der Waals surface area (Å²) < 4.78 is 62.7. The van der Waals surface area contributed by atoms with Gasteiger partial charge in [-0.2, -0.15) is 0 Å². The van der Waals surface area contributed by atoms with Gasteiger partial charge in [0.05, 0.1) is 23.3 Å². The van der Waals surface area contributed by atoms with E-state index in [9.17, 15) is 27.1 Å². The number of hydrogen-bond acceptors (Lipinski definition) is 6. The third-order valence-electron chi connectivity index (χ3n) is 9.36. The SMILES string of the molecule is CCc1cn2c3c(cc(C(=O)N[C@@H](Cc4ccc(F)cc4)[C@H](O)[C@H]4C[C@@H](Oc5cccc(F)c5)CN4)cc13)N(C)S(=O)(=O)C(C)(C)C2. The first-order valence-electron chi connectivity index (χ1n) is 15.8. The van der Waals surface area contributed by atoms with Gasteiger partial charge in [-0.25, -0.2) is 17.2 Å². The third-order valence-corrected chi connectivity index (χ3v) is 11.8. The number of amides is 1. The molecule has 250 valence electrons. The van der Waals surface area contributed by atoms with E-state index in [1.54, 1.807) is 50.2 Å². The molecule has 4 aromatic rings. The van der Waals surface area contributed by atoms with Crippen molar-refractivity contribution in [1.29, 1.82) is 0 Å². The van der Waals surface area contributed by atoms with E-state index in [-0.39, 0.29) is 24.6 Å². The largest absolute Gasteiger partial charge is 0.489 e. The van der Waals surface area contributed by atoms with E-state index in [2.05, 4.69) is 10.6 Å². The lowest BCUT2D eigenvalue weighted by molar-refractivity contribution is 0.0720. The number of carbonyl (C=O) groups is 1. The summed E-state index contributed by atoms with van der Waals surface area (Å²) in [6.45, 7) is 6.07. The van der Waals surface area contributed by atoms with Gasteiger partial charge in [-0.15, -0.1) is 0 Å². The fourth-order valence-electron chi connectivity index (χ4n) is 6.74. The molecule has 3 heterocycles. The second-order valence-corrected chi connectivity index (χ2v) is 15.7. The maximum atomic E-state index is 14.0. The number of aryl methyl sites for hydroxylation is 1. The zero-order chi connectivity index (χ0) is 33.7. The Labute approximate surface area is 273 Å². The van der Waals surface area contributed by atoms with Crippen LogP contribution in [0.25, 0.3) is 10.9 Å². The lowest BCUT2D eigenvalue weighted by Crippen LogP contribution is -2.52. The van der Waals surface area contributed by atoms with E-state index in [0.717, 1.165) is 16.5 Å². The van der Waals surface area contributed by atoms with E-state index >= 15 is 0 Å². The summed E-state index contributed by atoms with van der Waals surface area (Å²) in [6, 6.07) is 13.8. The molecule has 12 heteroatoms. The molecule has 4 atom stereocenters. The van der Waals surface area contributed by atoms with Crippen LogP contribution in [0.3, 0.4) is 0 Å². The second-order valence-electron chi connectivity index (χ2n) is 13.1. The van der Waals surface area contributed by atoms with Gasteiger partial charge in [0.25, 0.3) is 5.91 Å². The molecule has 2 aliphatic heterocycles. The molecule has 0 bridgehead atoms. The summed E-state index contributed by atoms with van der Waals surface area (Å²) in [6.07, 6.45) is 1.83. The fourth-order valence-corrected chi connectivity index (χ4v) is 8.18. The van der Waals surface area contributed by atoms with Crippen LogP contribution in [-0.4, -0.2) is 66.6 Å². The summed E-state index contributed by atoms with van der Waals surface area (Å²) in [5, 5.41) is 18.7. The average Bonchev–Trinajstić information content (AvgIpc) is 3.63. The van der Waals surface area contributed by atoms with Crippen LogP contribution in [0.4, 0.5) is 14.5 Å². The highest BCUT2D eigenvalue weighted by Gasteiger charge is 2.42. The number of aliphatic hydroxyl groups is 1. The maximum absolute atomic E-state index is 14.0. The minimum absolute atomic E-state index is 0.203. The Morgan fingerprint density at radius 3 is 2.57 bits per heavy atom. The van der Waals surface area contributed by atoms with Crippen molar-refractivity contribution < 1.29 is 31.8 Å². The molecule has 1 fully saturated rings. The third kappa shape index (κ3) is 6.33. The quantitative estimate of drug-likeness (QED) is 0.242. The van der Waals surface area contributed by atoms with Crippen molar-refractivity contribution in [1.82, 2.24) is 15.2 Å². The van der Waals surface area contributed by atoms with Crippen molar-refractivity contribution in [2.45, 2.75) is 75.6 Å². The number of hydrogen-bond donors (Lipinski definition) is 3. The molecular formula is C35H40F2N4O5S. The van der Waals surface area contributed by atoms with Gasteiger partial charge in [0.2, 0.25) is 10.0 Å². The number of anilines is 1. The summed E-state index contributed by atoms with van der Waals surface area (Å²) in [4.78, 5) is 14.0. The molecule has 0 unspecified atom stereocenters. The lowest BCUT2D eigenvalue weighted by atomic mass is 9.94. The van der Waals surface area contributed by atoms with E-state index < -0.39 is 50.5 Å². The zero-order valence-electron chi connectivity index (χ0n) is 26.8. The molecule has 1 amide bonds. The number of nitrogens with one attached hydrogen (secondary N) is 2. The number of benzene rings is 3. The van der Waals surface area contributed by atoms with Crippen molar-refractivity contribution in [3.05, 3.63) is 95.2 Å². The van der Waals surface area contributed by atoms with E-state index in [4.69, 9.17) is 4.74 Å². The number of aromatic nitrogens is 1. The van der Waals surface area contributed by atoms with Gasteiger partial charge in [-0.3, -0.25) is 9.10 Å². The first kappa shape index (κ1) is 32.9. The average molecular weight is 667 g/mol. The smallest absolute Gasteiger partial charge is 0.251 e. The van der Waals surface area contributed by atoms with Gasteiger partial charge in [0.15, 0.2) is 0 Å². The van der Waals surface area contributed by atoms with Crippen LogP contribution in [0.15, 0.2) is 66.9 Å². The Hall–Kier alpha value is -4.00. The van der Waals surface area contributed by atoms with Crippen LogP contribution in [0.5, 0.6) is 5.75 Å². The molecule has 3 N–H and O–H groups in total. The molecule has 0 radical (unpaired) electrons. The van der Waals surface area contributed by atoms with E-state index in [0.29, 0.717) is 36.4 Å². The number of ether oxygens (including phenoxy) is 1. The minimum atomic E-state index is -3.78. The number of carbonyl (C=O) groups excluding carboxylic acids is 1. The van der Waals surface area contributed by atoms with Crippen LogP contribution in [0.2, 0.25) is 0 Å². The van der Waals surface area contributed by atoms with Gasteiger partial charge < -0.3 is 25.0 Å². The number of halogens is 2. The van der Waals surface area contributed by atoms with Crippen molar-refractivity contribution in [2.75, 3.05) is 17.9 Å². The van der Waals surface area contributed by atoms with Crippen molar-refractivity contribution in [2.24, 2.45) is 0 Å². The molecule has 0 spiro atoms. The first-order chi connectivity index (χ1) is 22.3. The molecule has 9 nitrogen and oxygen atoms in total.